The normalized spacial score (nSPS) is 11.6. The largest absolute Gasteiger partial charge is 0.378 e. The molecule has 0 radical (unpaired) electrons. The molecule has 0 fully saturated rings. The van der Waals surface area contributed by atoms with E-state index in [-0.39, 0.29) is 0 Å². The summed E-state index contributed by atoms with van der Waals surface area (Å²) in [7, 11) is 4.10. The van der Waals surface area contributed by atoms with E-state index in [1.54, 1.807) is 0 Å². The molecule has 0 saturated carbocycles. The summed E-state index contributed by atoms with van der Waals surface area (Å²) in [4.78, 5) is 2.10. The number of hydrogen-bond donors (Lipinski definition) is 2. The van der Waals surface area contributed by atoms with Gasteiger partial charge in [0.05, 0.1) is 0 Å². The quantitative estimate of drug-likeness (QED) is 0.326. The first kappa shape index (κ1) is 19.3. The van der Waals surface area contributed by atoms with Gasteiger partial charge in [-0.15, -0.1) is 0 Å². The minimum atomic E-state index is 1.03. The van der Waals surface area contributed by atoms with E-state index in [1.807, 2.05) is 0 Å². The predicted octanol–water partition coefficient (Wildman–Crippen LogP) is 7.12. The average molecular weight is 406 g/mol. The molecule has 4 aromatic carbocycles. The molecule has 1 aliphatic rings. The predicted molar refractivity (Wildman–Crippen MR) is 133 cm³/mol. The first-order chi connectivity index (χ1) is 15.0. The van der Waals surface area contributed by atoms with Crippen molar-refractivity contribution in [1.82, 2.24) is 0 Å². The second-order valence-corrected chi connectivity index (χ2v) is 8.48. The molecule has 3 nitrogen and oxygen atoms in total. The number of aryl methyl sites for hydroxylation is 1. The van der Waals surface area contributed by atoms with Gasteiger partial charge in [-0.2, -0.15) is 0 Å². The number of anilines is 5. The monoisotopic (exact) mass is 405 g/mol. The van der Waals surface area contributed by atoms with Crippen LogP contribution in [-0.4, -0.2) is 14.1 Å². The van der Waals surface area contributed by atoms with Crippen molar-refractivity contribution in [3.05, 3.63) is 102 Å². The minimum Gasteiger partial charge on any atom is -0.378 e. The van der Waals surface area contributed by atoms with Crippen LogP contribution in [0.3, 0.4) is 0 Å². The van der Waals surface area contributed by atoms with E-state index in [0.717, 1.165) is 29.2 Å². The highest BCUT2D eigenvalue weighted by Crippen LogP contribution is 2.39. The minimum absolute atomic E-state index is 1.03. The molecule has 0 aromatic heterocycles. The highest BCUT2D eigenvalue weighted by molar-refractivity contribution is 5.81. The van der Waals surface area contributed by atoms with Crippen molar-refractivity contribution in [2.45, 2.75) is 13.3 Å². The van der Waals surface area contributed by atoms with Gasteiger partial charge in [-0.3, -0.25) is 0 Å². The van der Waals surface area contributed by atoms with Crippen LogP contribution < -0.4 is 15.5 Å². The van der Waals surface area contributed by atoms with Crippen LogP contribution >= 0.6 is 0 Å². The molecule has 0 heterocycles. The molecule has 0 saturated heterocycles. The molecule has 2 N–H and O–H groups in total. The van der Waals surface area contributed by atoms with Gasteiger partial charge in [0.2, 0.25) is 0 Å². The second kappa shape index (κ2) is 7.84. The number of nitrogens with one attached hydrogen (secondary N) is 2. The number of nitrogens with zero attached hydrogens (tertiary/aromatic N) is 1. The third-order valence-corrected chi connectivity index (χ3v) is 5.89. The molecule has 0 atom stereocenters. The maximum Gasteiger partial charge on any atom is 0.0390 e. The lowest BCUT2D eigenvalue weighted by atomic mass is 10.0. The molecule has 154 valence electrons. The lowest BCUT2D eigenvalue weighted by molar-refractivity contribution is 1.13. The summed E-state index contributed by atoms with van der Waals surface area (Å²) >= 11 is 0. The van der Waals surface area contributed by atoms with Crippen LogP contribution in [0, 0.1) is 6.92 Å². The van der Waals surface area contributed by atoms with Crippen molar-refractivity contribution in [1.29, 1.82) is 0 Å². The zero-order valence-corrected chi connectivity index (χ0v) is 18.2. The third-order valence-electron chi connectivity index (χ3n) is 5.89. The highest BCUT2D eigenvalue weighted by Gasteiger charge is 2.18. The smallest absolute Gasteiger partial charge is 0.0390 e. The molecule has 0 bridgehead atoms. The van der Waals surface area contributed by atoms with Crippen LogP contribution in [0.2, 0.25) is 0 Å². The van der Waals surface area contributed by atoms with Crippen molar-refractivity contribution in [2.75, 3.05) is 29.6 Å². The third kappa shape index (κ3) is 3.99. The van der Waals surface area contributed by atoms with E-state index in [0.29, 0.717) is 0 Å². The molecule has 4 aromatic rings. The fourth-order valence-corrected chi connectivity index (χ4v) is 4.17. The number of benzene rings is 4. The van der Waals surface area contributed by atoms with Gasteiger partial charge < -0.3 is 15.5 Å². The Morgan fingerprint density at radius 3 is 1.68 bits per heavy atom. The van der Waals surface area contributed by atoms with Crippen molar-refractivity contribution < 1.29 is 0 Å². The molecule has 0 spiro atoms. The molecule has 5 rings (SSSR count). The molecule has 0 amide bonds. The van der Waals surface area contributed by atoms with Crippen LogP contribution in [0.15, 0.2) is 84.9 Å². The lowest BCUT2D eigenvalue weighted by Gasteiger charge is -2.14. The summed E-state index contributed by atoms with van der Waals surface area (Å²) < 4.78 is 0. The first-order valence-electron chi connectivity index (χ1n) is 10.7. The fraction of sp³-hybridized carbons (Fsp3) is 0.143. The van der Waals surface area contributed by atoms with Gasteiger partial charge in [0.25, 0.3) is 0 Å². The number of hydrogen-bond acceptors (Lipinski definition) is 3. The van der Waals surface area contributed by atoms with Crippen molar-refractivity contribution in [3.63, 3.8) is 0 Å². The van der Waals surface area contributed by atoms with Gasteiger partial charge in [0.1, 0.15) is 0 Å². The summed E-state index contributed by atoms with van der Waals surface area (Å²) in [6, 6.07) is 30.3. The van der Waals surface area contributed by atoms with Crippen molar-refractivity contribution >= 4 is 28.4 Å². The maximum atomic E-state index is 3.56. The zero-order valence-electron chi connectivity index (χ0n) is 18.2. The van der Waals surface area contributed by atoms with E-state index in [1.165, 1.54) is 33.5 Å². The Bertz CT molecular complexity index is 1220. The van der Waals surface area contributed by atoms with Crippen LogP contribution in [-0.2, 0) is 6.42 Å². The zero-order chi connectivity index (χ0) is 21.4. The Morgan fingerprint density at radius 1 is 0.581 bits per heavy atom. The fourth-order valence-electron chi connectivity index (χ4n) is 4.17. The van der Waals surface area contributed by atoms with Crippen LogP contribution in [0.1, 0.15) is 16.7 Å². The maximum absolute atomic E-state index is 3.56. The Balaban J connectivity index is 1.30. The number of rotatable bonds is 5. The summed E-state index contributed by atoms with van der Waals surface area (Å²) in [5.41, 5.74) is 12.4. The number of fused-ring (bicyclic) bond motifs is 3. The Labute approximate surface area is 184 Å². The average Bonchev–Trinajstić information content (AvgIpc) is 3.13. The molecule has 1 aliphatic carbocycles. The summed E-state index contributed by atoms with van der Waals surface area (Å²) in [6.45, 7) is 2.16. The van der Waals surface area contributed by atoms with Crippen molar-refractivity contribution in [3.8, 4) is 11.1 Å². The summed E-state index contributed by atoms with van der Waals surface area (Å²) in [6.07, 6.45) is 1.03. The van der Waals surface area contributed by atoms with E-state index in [2.05, 4.69) is 121 Å². The van der Waals surface area contributed by atoms with E-state index >= 15 is 0 Å². The molecule has 0 unspecified atom stereocenters. The molecular formula is C28H27N3. The molecule has 31 heavy (non-hydrogen) atoms. The van der Waals surface area contributed by atoms with Gasteiger partial charge in [0, 0.05) is 42.5 Å². The summed E-state index contributed by atoms with van der Waals surface area (Å²) in [5, 5.41) is 7.02. The Hall–Kier alpha value is -3.72. The molecule has 0 aliphatic heterocycles. The van der Waals surface area contributed by atoms with Gasteiger partial charge in [-0.1, -0.05) is 29.8 Å². The van der Waals surface area contributed by atoms with Crippen LogP contribution in [0.25, 0.3) is 11.1 Å². The first-order valence-corrected chi connectivity index (χ1v) is 10.7. The highest BCUT2D eigenvalue weighted by atomic mass is 15.1. The lowest BCUT2D eigenvalue weighted by Crippen LogP contribution is -2.08. The summed E-state index contributed by atoms with van der Waals surface area (Å²) in [5.74, 6) is 0. The van der Waals surface area contributed by atoms with Crippen molar-refractivity contribution in [2.24, 2.45) is 0 Å². The second-order valence-electron chi connectivity index (χ2n) is 8.48. The van der Waals surface area contributed by atoms with Crippen LogP contribution in [0.4, 0.5) is 28.4 Å². The Morgan fingerprint density at radius 2 is 1.06 bits per heavy atom. The standard InChI is InChI=1S/C28H27N3/c1-19-4-5-20-17-21-6-7-25(18-28(21)27(20)16-19)30-23-10-8-22(9-11-23)29-24-12-14-26(15-13-24)31(2)3/h4-16,18,29-30H,17H2,1-3H3. The van der Waals surface area contributed by atoms with Gasteiger partial charge in [-0.05, 0) is 96.3 Å². The van der Waals surface area contributed by atoms with Gasteiger partial charge in [-0.25, -0.2) is 0 Å². The van der Waals surface area contributed by atoms with E-state index in [4.69, 9.17) is 0 Å². The molecule has 3 heteroatoms. The van der Waals surface area contributed by atoms with Gasteiger partial charge >= 0.3 is 0 Å². The SMILES string of the molecule is Cc1ccc2c(c1)-c1cc(Nc3ccc(Nc4ccc(N(C)C)cc4)cc3)ccc1C2. The van der Waals surface area contributed by atoms with Crippen LogP contribution in [0.5, 0.6) is 0 Å². The van der Waals surface area contributed by atoms with E-state index < -0.39 is 0 Å². The topological polar surface area (TPSA) is 27.3 Å². The van der Waals surface area contributed by atoms with E-state index in [9.17, 15) is 0 Å². The molecular weight excluding hydrogens is 378 g/mol. The Kier molecular flexibility index (Phi) is 4.87. The van der Waals surface area contributed by atoms with Gasteiger partial charge in [0.15, 0.2) is 0 Å².